The number of hydrogen-bond donors (Lipinski definition) is 2. The average Bonchev–Trinajstić information content (AvgIpc) is 2.82. The van der Waals surface area contributed by atoms with Crippen molar-refractivity contribution in [1.82, 2.24) is 5.32 Å². The van der Waals surface area contributed by atoms with Gasteiger partial charge in [0.05, 0.1) is 6.42 Å². The molecule has 184 valence electrons. The smallest absolute Gasteiger partial charge is 0.305 e. The van der Waals surface area contributed by atoms with Crippen molar-refractivity contribution in [3.63, 3.8) is 0 Å². The van der Waals surface area contributed by atoms with Gasteiger partial charge in [0, 0.05) is 17.2 Å². The molecule has 0 radical (unpaired) electrons. The van der Waals surface area contributed by atoms with Crippen LogP contribution in [0.15, 0.2) is 72.8 Å². The molecule has 0 fully saturated rings. The lowest BCUT2D eigenvalue weighted by molar-refractivity contribution is -0.138. The number of carboxylic acid groups (broad SMARTS) is 1. The summed E-state index contributed by atoms with van der Waals surface area (Å²) in [5.74, 6) is -0.927. The van der Waals surface area contributed by atoms with Crippen LogP contribution in [0.4, 0.5) is 4.39 Å². The van der Waals surface area contributed by atoms with Crippen LogP contribution in [0.25, 0.3) is 11.1 Å². The second-order valence-electron chi connectivity index (χ2n) is 9.63. The maximum Gasteiger partial charge on any atom is 0.305 e. The third-order valence-corrected chi connectivity index (χ3v) is 5.96. The lowest BCUT2D eigenvalue weighted by atomic mass is 9.84. The minimum absolute atomic E-state index is 0.148. The fraction of sp³-hybridized carbons (Fsp3) is 0.310. The molecule has 1 unspecified atom stereocenters. The fourth-order valence-corrected chi connectivity index (χ4v) is 3.80. The van der Waals surface area contributed by atoms with Crippen LogP contribution >= 0.6 is 0 Å². The second kappa shape index (κ2) is 11.2. The molecular weight excluding hydrogens is 445 g/mol. The number of amides is 1. The SMILES string of the molecule is CCC(Oc1ccc(C(=O)N[C@@H](CC(=O)O)C(C)(C)C)cc1)c1ccc(-c2ccccc2F)cc1. The van der Waals surface area contributed by atoms with Gasteiger partial charge in [0.15, 0.2) is 0 Å². The van der Waals surface area contributed by atoms with E-state index in [2.05, 4.69) is 5.32 Å². The van der Waals surface area contributed by atoms with Gasteiger partial charge in [-0.2, -0.15) is 0 Å². The van der Waals surface area contributed by atoms with Gasteiger partial charge < -0.3 is 15.2 Å². The molecule has 3 aromatic carbocycles. The van der Waals surface area contributed by atoms with Crippen molar-refractivity contribution in [1.29, 1.82) is 0 Å². The van der Waals surface area contributed by atoms with Gasteiger partial charge in [0.25, 0.3) is 5.91 Å². The van der Waals surface area contributed by atoms with Crippen molar-refractivity contribution < 1.29 is 23.8 Å². The van der Waals surface area contributed by atoms with Crippen molar-refractivity contribution >= 4 is 11.9 Å². The number of carbonyl (C=O) groups excluding carboxylic acids is 1. The van der Waals surface area contributed by atoms with Gasteiger partial charge in [-0.15, -0.1) is 0 Å². The summed E-state index contributed by atoms with van der Waals surface area (Å²) in [5, 5.41) is 12.0. The number of nitrogens with one attached hydrogen (secondary N) is 1. The predicted octanol–water partition coefficient (Wildman–Crippen LogP) is 6.64. The van der Waals surface area contributed by atoms with Crippen LogP contribution in [0.5, 0.6) is 5.75 Å². The fourth-order valence-electron chi connectivity index (χ4n) is 3.80. The number of ether oxygens (including phenoxy) is 1. The topological polar surface area (TPSA) is 75.6 Å². The Morgan fingerprint density at radius 2 is 1.60 bits per heavy atom. The van der Waals surface area contributed by atoms with Crippen molar-refractivity contribution in [3.05, 3.63) is 89.7 Å². The van der Waals surface area contributed by atoms with E-state index in [-0.39, 0.29) is 24.2 Å². The molecule has 35 heavy (non-hydrogen) atoms. The van der Waals surface area contributed by atoms with Gasteiger partial charge in [0.1, 0.15) is 17.7 Å². The highest BCUT2D eigenvalue weighted by molar-refractivity contribution is 5.94. The third-order valence-electron chi connectivity index (χ3n) is 5.96. The Labute approximate surface area is 206 Å². The molecule has 3 rings (SSSR count). The quantitative estimate of drug-likeness (QED) is 0.362. The lowest BCUT2D eigenvalue weighted by Gasteiger charge is -2.30. The van der Waals surface area contributed by atoms with Crippen LogP contribution in [0.1, 0.15) is 62.6 Å². The Balaban J connectivity index is 1.68. The van der Waals surface area contributed by atoms with E-state index in [4.69, 9.17) is 9.84 Å². The van der Waals surface area contributed by atoms with Gasteiger partial charge in [-0.05, 0) is 53.3 Å². The number of benzene rings is 3. The number of carboxylic acids is 1. The van der Waals surface area contributed by atoms with E-state index in [1.54, 1.807) is 36.4 Å². The zero-order chi connectivity index (χ0) is 25.6. The zero-order valence-electron chi connectivity index (χ0n) is 20.5. The van der Waals surface area contributed by atoms with E-state index >= 15 is 0 Å². The third kappa shape index (κ3) is 6.92. The lowest BCUT2D eigenvalue weighted by Crippen LogP contribution is -2.45. The Kier molecular flexibility index (Phi) is 8.28. The number of rotatable bonds is 9. The molecule has 0 saturated carbocycles. The molecule has 0 aliphatic carbocycles. The molecule has 0 heterocycles. The van der Waals surface area contributed by atoms with E-state index in [1.807, 2.05) is 58.0 Å². The second-order valence-corrected chi connectivity index (χ2v) is 9.63. The summed E-state index contributed by atoms with van der Waals surface area (Å²) in [7, 11) is 0. The molecule has 5 nitrogen and oxygen atoms in total. The zero-order valence-corrected chi connectivity index (χ0v) is 20.5. The van der Waals surface area contributed by atoms with E-state index in [1.165, 1.54) is 6.07 Å². The van der Waals surface area contributed by atoms with Crippen molar-refractivity contribution in [3.8, 4) is 16.9 Å². The van der Waals surface area contributed by atoms with Gasteiger partial charge in [-0.1, -0.05) is 70.2 Å². The number of aliphatic carboxylic acids is 1. The predicted molar refractivity (Wildman–Crippen MR) is 135 cm³/mol. The first-order chi connectivity index (χ1) is 16.6. The molecule has 0 spiro atoms. The molecule has 2 atom stereocenters. The Hall–Kier alpha value is -3.67. The minimum Gasteiger partial charge on any atom is -0.486 e. The molecular formula is C29H32FNO4. The highest BCUT2D eigenvalue weighted by Gasteiger charge is 2.28. The van der Waals surface area contributed by atoms with Crippen molar-refractivity contribution in [2.24, 2.45) is 5.41 Å². The number of carbonyl (C=O) groups is 2. The standard InChI is InChI=1S/C29H32FNO4/c1-5-25(20-12-10-19(11-13-20)23-8-6-7-9-24(23)30)35-22-16-14-21(15-17-22)28(34)31-26(18-27(32)33)29(2,3)4/h6-17,25-26H,5,18H2,1-4H3,(H,31,34)(H,32,33)/t25?,26-/m0/s1. The van der Waals surface area contributed by atoms with Crippen molar-refractivity contribution in [2.45, 2.75) is 52.7 Å². The van der Waals surface area contributed by atoms with Gasteiger partial charge in [-0.25, -0.2) is 4.39 Å². The highest BCUT2D eigenvalue weighted by atomic mass is 19.1. The summed E-state index contributed by atoms with van der Waals surface area (Å²) >= 11 is 0. The van der Waals surface area contributed by atoms with Crippen LogP contribution in [0.3, 0.4) is 0 Å². The Bertz CT molecular complexity index is 1150. The van der Waals surface area contributed by atoms with Crippen LogP contribution in [0, 0.1) is 11.2 Å². The van der Waals surface area contributed by atoms with E-state index in [0.29, 0.717) is 16.9 Å². The molecule has 2 N–H and O–H groups in total. The molecule has 0 saturated heterocycles. The number of hydrogen-bond acceptors (Lipinski definition) is 3. The van der Waals surface area contributed by atoms with Crippen LogP contribution in [-0.2, 0) is 4.79 Å². The van der Waals surface area contributed by atoms with E-state index < -0.39 is 17.4 Å². The normalized spacial score (nSPS) is 13.1. The monoisotopic (exact) mass is 477 g/mol. The summed E-state index contributed by atoms with van der Waals surface area (Å²) in [4.78, 5) is 23.9. The molecule has 0 aliphatic rings. The van der Waals surface area contributed by atoms with Crippen molar-refractivity contribution in [2.75, 3.05) is 0 Å². The van der Waals surface area contributed by atoms with E-state index in [0.717, 1.165) is 17.5 Å². The summed E-state index contributed by atoms with van der Waals surface area (Å²) in [5.41, 5.74) is 2.36. The maximum absolute atomic E-state index is 14.1. The Morgan fingerprint density at radius 3 is 2.14 bits per heavy atom. The molecule has 0 bridgehead atoms. The van der Waals surface area contributed by atoms with Crippen LogP contribution in [0.2, 0.25) is 0 Å². The largest absolute Gasteiger partial charge is 0.486 e. The highest BCUT2D eigenvalue weighted by Crippen LogP contribution is 2.29. The summed E-state index contributed by atoms with van der Waals surface area (Å²) in [6.07, 6.45) is 0.374. The molecule has 1 amide bonds. The van der Waals surface area contributed by atoms with Crippen LogP contribution < -0.4 is 10.1 Å². The first kappa shape index (κ1) is 25.9. The molecule has 3 aromatic rings. The first-order valence-electron chi connectivity index (χ1n) is 11.7. The number of halogens is 1. The Morgan fingerprint density at radius 1 is 0.971 bits per heavy atom. The molecule has 0 aliphatic heterocycles. The van der Waals surface area contributed by atoms with E-state index in [9.17, 15) is 14.0 Å². The first-order valence-corrected chi connectivity index (χ1v) is 11.7. The molecule has 6 heteroatoms. The van der Waals surface area contributed by atoms with Crippen LogP contribution in [-0.4, -0.2) is 23.0 Å². The maximum atomic E-state index is 14.1. The molecule has 0 aromatic heterocycles. The summed E-state index contributed by atoms with van der Waals surface area (Å²) in [6, 6.07) is 20.6. The summed E-state index contributed by atoms with van der Waals surface area (Å²) in [6.45, 7) is 7.70. The minimum atomic E-state index is -0.957. The summed E-state index contributed by atoms with van der Waals surface area (Å²) < 4.78 is 20.2. The van der Waals surface area contributed by atoms with Gasteiger partial charge in [-0.3, -0.25) is 9.59 Å². The van der Waals surface area contributed by atoms with Gasteiger partial charge in [0.2, 0.25) is 0 Å². The van der Waals surface area contributed by atoms with Gasteiger partial charge >= 0.3 is 5.97 Å². The average molecular weight is 478 g/mol.